The molecule has 1 unspecified atom stereocenters. The van der Waals surface area contributed by atoms with E-state index in [0.717, 1.165) is 0 Å². The van der Waals surface area contributed by atoms with Crippen LogP contribution < -0.4 is 5.73 Å². The predicted molar refractivity (Wildman–Crippen MR) is 75.6 cm³/mol. The summed E-state index contributed by atoms with van der Waals surface area (Å²) < 4.78 is 10.3. The van der Waals surface area contributed by atoms with Gasteiger partial charge in [-0.1, -0.05) is 19.1 Å². The molecule has 0 aromatic carbocycles. The van der Waals surface area contributed by atoms with Crippen LogP contribution in [0.5, 0.6) is 0 Å². The van der Waals surface area contributed by atoms with Crippen molar-refractivity contribution in [2.45, 2.75) is 32.3 Å². The summed E-state index contributed by atoms with van der Waals surface area (Å²) >= 11 is 4.84. The number of carbonyl (C=O) groups excluding carboxylic acids is 1. The molecular formula is C12H24N2O3S. The molecule has 0 aromatic rings. The van der Waals surface area contributed by atoms with Gasteiger partial charge in [0.15, 0.2) is 0 Å². The van der Waals surface area contributed by atoms with Crippen molar-refractivity contribution < 1.29 is 14.3 Å². The van der Waals surface area contributed by atoms with Crippen molar-refractivity contribution in [1.29, 1.82) is 0 Å². The number of amides is 1. The van der Waals surface area contributed by atoms with Crippen LogP contribution in [0.1, 0.15) is 26.7 Å². The summed E-state index contributed by atoms with van der Waals surface area (Å²) in [5, 5.41) is 0. The second-order valence-electron chi connectivity index (χ2n) is 4.29. The highest BCUT2D eigenvalue weighted by atomic mass is 32.1. The Balaban J connectivity index is 4.71. The van der Waals surface area contributed by atoms with E-state index in [9.17, 15) is 4.79 Å². The maximum Gasteiger partial charge on any atom is 0.254 e. The summed E-state index contributed by atoms with van der Waals surface area (Å²) in [6, 6.07) is 0. The van der Waals surface area contributed by atoms with E-state index >= 15 is 0 Å². The van der Waals surface area contributed by atoms with E-state index in [1.807, 2.05) is 6.92 Å². The van der Waals surface area contributed by atoms with Crippen LogP contribution in [0.15, 0.2) is 0 Å². The molecule has 0 saturated heterocycles. The van der Waals surface area contributed by atoms with E-state index in [1.54, 1.807) is 26.0 Å². The molecule has 18 heavy (non-hydrogen) atoms. The van der Waals surface area contributed by atoms with E-state index in [1.165, 1.54) is 0 Å². The van der Waals surface area contributed by atoms with Crippen LogP contribution in [-0.4, -0.2) is 55.3 Å². The summed E-state index contributed by atoms with van der Waals surface area (Å²) in [6.45, 7) is 5.19. The van der Waals surface area contributed by atoms with E-state index in [0.29, 0.717) is 37.5 Å². The van der Waals surface area contributed by atoms with Gasteiger partial charge in [-0.3, -0.25) is 4.79 Å². The molecule has 0 bridgehead atoms. The molecule has 0 rings (SSSR count). The van der Waals surface area contributed by atoms with Gasteiger partial charge in [-0.2, -0.15) is 0 Å². The normalized spacial score (nSPS) is 14.0. The lowest BCUT2D eigenvalue weighted by Gasteiger charge is -2.32. The van der Waals surface area contributed by atoms with E-state index < -0.39 is 5.60 Å². The SMILES string of the molecule is CCC(C)(OC)C(=O)N(CCOC)CCC(N)=S. The van der Waals surface area contributed by atoms with Gasteiger partial charge in [0, 0.05) is 33.7 Å². The highest BCUT2D eigenvalue weighted by Gasteiger charge is 2.34. The van der Waals surface area contributed by atoms with Gasteiger partial charge in [-0.15, -0.1) is 0 Å². The number of thiocarbonyl (C=S) groups is 1. The molecule has 2 N–H and O–H groups in total. The Hall–Kier alpha value is -0.720. The third kappa shape index (κ3) is 5.29. The number of methoxy groups -OCH3 is 2. The van der Waals surface area contributed by atoms with Gasteiger partial charge in [-0.05, 0) is 13.3 Å². The lowest BCUT2D eigenvalue weighted by Crippen LogP contribution is -2.49. The van der Waals surface area contributed by atoms with Gasteiger partial charge in [0.1, 0.15) is 5.60 Å². The molecule has 6 heteroatoms. The Morgan fingerprint density at radius 3 is 2.39 bits per heavy atom. The van der Waals surface area contributed by atoms with Crippen molar-refractivity contribution in [2.24, 2.45) is 5.73 Å². The Morgan fingerprint density at radius 1 is 1.39 bits per heavy atom. The molecule has 0 saturated carbocycles. The summed E-state index contributed by atoms with van der Waals surface area (Å²) in [5.74, 6) is -0.0548. The molecule has 1 amide bonds. The molecule has 0 heterocycles. The number of nitrogens with two attached hydrogens (primary N) is 1. The zero-order chi connectivity index (χ0) is 14.2. The monoisotopic (exact) mass is 276 g/mol. The van der Waals surface area contributed by atoms with Crippen molar-refractivity contribution in [3.05, 3.63) is 0 Å². The summed E-state index contributed by atoms with van der Waals surface area (Å²) in [4.78, 5) is 14.5. The average molecular weight is 276 g/mol. The Morgan fingerprint density at radius 2 is 2.00 bits per heavy atom. The molecule has 0 aliphatic carbocycles. The van der Waals surface area contributed by atoms with Crippen molar-refractivity contribution in [3.63, 3.8) is 0 Å². The molecule has 0 aliphatic heterocycles. The second-order valence-corrected chi connectivity index (χ2v) is 4.81. The first kappa shape index (κ1) is 17.3. The van der Waals surface area contributed by atoms with E-state index in [2.05, 4.69) is 0 Å². The molecule has 0 aliphatic rings. The van der Waals surface area contributed by atoms with Gasteiger partial charge < -0.3 is 20.1 Å². The fourth-order valence-corrected chi connectivity index (χ4v) is 1.57. The summed E-state index contributed by atoms with van der Waals surface area (Å²) in [6.07, 6.45) is 1.12. The molecular weight excluding hydrogens is 252 g/mol. The first-order chi connectivity index (χ1) is 8.41. The minimum atomic E-state index is -0.802. The zero-order valence-electron chi connectivity index (χ0n) is 11.7. The molecule has 0 spiro atoms. The summed E-state index contributed by atoms with van der Waals surface area (Å²) in [5.41, 5.74) is 4.67. The second kappa shape index (κ2) is 8.39. The number of nitrogens with zero attached hydrogens (tertiary/aromatic N) is 1. The number of ether oxygens (including phenoxy) is 2. The predicted octanol–water partition coefficient (Wildman–Crippen LogP) is 0.953. The van der Waals surface area contributed by atoms with E-state index in [-0.39, 0.29) is 5.91 Å². The van der Waals surface area contributed by atoms with Gasteiger partial charge >= 0.3 is 0 Å². The van der Waals surface area contributed by atoms with Crippen molar-refractivity contribution >= 4 is 23.1 Å². The standard InChI is InChI=1S/C12H24N2O3S/c1-5-12(2,17-4)11(15)14(8-9-16-3)7-6-10(13)18/h5-9H2,1-4H3,(H2,13,18). The third-order valence-electron chi connectivity index (χ3n) is 3.06. The topological polar surface area (TPSA) is 64.8 Å². The molecule has 0 fully saturated rings. The highest BCUT2D eigenvalue weighted by Crippen LogP contribution is 2.18. The van der Waals surface area contributed by atoms with Crippen molar-refractivity contribution in [2.75, 3.05) is 33.9 Å². The lowest BCUT2D eigenvalue weighted by atomic mass is 10.0. The minimum Gasteiger partial charge on any atom is -0.393 e. The van der Waals surface area contributed by atoms with Crippen molar-refractivity contribution in [3.8, 4) is 0 Å². The first-order valence-corrected chi connectivity index (χ1v) is 6.43. The van der Waals surface area contributed by atoms with Gasteiger partial charge in [0.25, 0.3) is 5.91 Å². The minimum absolute atomic E-state index is 0.0548. The fraction of sp³-hybridized carbons (Fsp3) is 0.833. The van der Waals surface area contributed by atoms with Gasteiger partial charge in [0.2, 0.25) is 0 Å². The number of carbonyl (C=O) groups is 1. The van der Waals surface area contributed by atoms with Crippen LogP contribution in [-0.2, 0) is 14.3 Å². The van der Waals surface area contributed by atoms with Crippen LogP contribution in [0.4, 0.5) is 0 Å². The number of hydrogen-bond donors (Lipinski definition) is 1. The highest BCUT2D eigenvalue weighted by molar-refractivity contribution is 7.80. The van der Waals surface area contributed by atoms with Crippen LogP contribution in [0.2, 0.25) is 0 Å². The Bertz CT molecular complexity index is 280. The van der Waals surface area contributed by atoms with Crippen LogP contribution in [0, 0.1) is 0 Å². The molecule has 1 atom stereocenters. The molecule has 106 valence electrons. The van der Waals surface area contributed by atoms with Gasteiger partial charge in [0.05, 0.1) is 11.6 Å². The molecule has 0 radical (unpaired) electrons. The van der Waals surface area contributed by atoms with Crippen LogP contribution in [0.25, 0.3) is 0 Å². The summed E-state index contributed by atoms with van der Waals surface area (Å²) in [7, 11) is 3.15. The zero-order valence-corrected chi connectivity index (χ0v) is 12.5. The fourth-order valence-electron chi connectivity index (χ4n) is 1.48. The lowest BCUT2D eigenvalue weighted by molar-refractivity contribution is -0.153. The molecule has 5 nitrogen and oxygen atoms in total. The van der Waals surface area contributed by atoms with Crippen LogP contribution in [0.3, 0.4) is 0 Å². The number of rotatable bonds is 9. The van der Waals surface area contributed by atoms with Gasteiger partial charge in [-0.25, -0.2) is 0 Å². The maximum atomic E-state index is 12.4. The number of hydrogen-bond acceptors (Lipinski definition) is 4. The Labute approximate surface area is 115 Å². The average Bonchev–Trinajstić information content (AvgIpc) is 2.37. The van der Waals surface area contributed by atoms with Crippen LogP contribution >= 0.6 is 12.2 Å². The first-order valence-electron chi connectivity index (χ1n) is 6.03. The smallest absolute Gasteiger partial charge is 0.254 e. The Kier molecular flexibility index (Phi) is 8.06. The quantitative estimate of drug-likeness (QED) is 0.635. The molecule has 0 aromatic heterocycles. The largest absolute Gasteiger partial charge is 0.393 e. The maximum absolute atomic E-state index is 12.4. The van der Waals surface area contributed by atoms with E-state index in [4.69, 9.17) is 27.4 Å². The third-order valence-corrected chi connectivity index (χ3v) is 3.26. The van der Waals surface area contributed by atoms with Crippen molar-refractivity contribution in [1.82, 2.24) is 4.90 Å².